The van der Waals surface area contributed by atoms with Crippen LogP contribution < -0.4 is 16.4 Å². The Morgan fingerprint density at radius 3 is 2.58 bits per heavy atom. The molecule has 1 saturated heterocycles. The number of benzene rings is 2. The van der Waals surface area contributed by atoms with Crippen molar-refractivity contribution < 1.29 is 9.53 Å². The number of nitrogens with two attached hydrogens (primary N) is 1. The molecular formula is C30H38N6O2. The van der Waals surface area contributed by atoms with Crippen LogP contribution in [0.25, 0.3) is 0 Å². The highest BCUT2D eigenvalue weighted by atomic mass is 16.5. The number of amides is 1. The number of nitrogens with one attached hydrogen (secondary N) is 2. The average molecular weight is 515 g/mol. The van der Waals surface area contributed by atoms with Gasteiger partial charge in [0, 0.05) is 44.6 Å². The lowest BCUT2D eigenvalue weighted by molar-refractivity contribution is 0.0364. The Bertz CT molecular complexity index is 1240. The monoisotopic (exact) mass is 514 g/mol. The van der Waals surface area contributed by atoms with Crippen LogP contribution in [0, 0.1) is 13.8 Å². The molecule has 1 aliphatic rings. The Morgan fingerprint density at radius 2 is 1.87 bits per heavy atom. The first-order valence-electron chi connectivity index (χ1n) is 13.1. The highest BCUT2D eigenvalue weighted by Crippen LogP contribution is 2.20. The number of para-hydroxylation sites is 2. The van der Waals surface area contributed by atoms with E-state index in [1.54, 1.807) is 24.4 Å². The molecule has 0 aliphatic carbocycles. The number of nitrogen functional groups attached to an aromatic ring is 1. The molecule has 2 heterocycles. The number of pyridine rings is 1. The van der Waals surface area contributed by atoms with Crippen LogP contribution in [-0.4, -0.2) is 60.1 Å². The molecule has 3 aromatic rings. The number of hydrogen-bond donors (Lipinski definition) is 3. The second kappa shape index (κ2) is 13.1. The Kier molecular flexibility index (Phi) is 9.35. The van der Waals surface area contributed by atoms with Crippen LogP contribution >= 0.6 is 0 Å². The van der Waals surface area contributed by atoms with Gasteiger partial charge in [-0.3, -0.25) is 14.7 Å². The van der Waals surface area contributed by atoms with Gasteiger partial charge in [0.2, 0.25) is 0 Å². The van der Waals surface area contributed by atoms with Gasteiger partial charge in [0.05, 0.1) is 30.4 Å². The third-order valence-corrected chi connectivity index (χ3v) is 6.82. The third-order valence-electron chi connectivity index (χ3n) is 6.82. The summed E-state index contributed by atoms with van der Waals surface area (Å²) >= 11 is 0. The number of aromatic nitrogens is 1. The van der Waals surface area contributed by atoms with Crippen LogP contribution in [0.2, 0.25) is 0 Å². The van der Waals surface area contributed by atoms with Crippen LogP contribution in [0.3, 0.4) is 0 Å². The number of anilines is 3. The van der Waals surface area contributed by atoms with Gasteiger partial charge in [-0.25, -0.2) is 0 Å². The van der Waals surface area contributed by atoms with Crippen molar-refractivity contribution in [3.63, 3.8) is 0 Å². The molecule has 0 radical (unpaired) electrons. The summed E-state index contributed by atoms with van der Waals surface area (Å²) in [6.45, 7) is 14.6. The summed E-state index contributed by atoms with van der Waals surface area (Å²) in [5, 5.41) is 6.31. The van der Waals surface area contributed by atoms with E-state index in [0.29, 0.717) is 23.6 Å². The summed E-state index contributed by atoms with van der Waals surface area (Å²) in [6.07, 6.45) is 2.75. The summed E-state index contributed by atoms with van der Waals surface area (Å²) < 4.78 is 5.48. The predicted octanol–water partition coefficient (Wildman–Crippen LogP) is 4.64. The van der Waals surface area contributed by atoms with E-state index in [4.69, 9.17) is 10.5 Å². The molecular weight excluding hydrogens is 476 g/mol. The lowest BCUT2D eigenvalue weighted by Crippen LogP contribution is -2.38. The Labute approximate surface area is 225 Å². The molecule has 200 valence electrons. The molecule has 0 saturated carbocycles. The third kappa shape index (κ3) is 7.57. The highest BCUT2D eigenvalue weighted by Gasteiger charge is 2.15. The van der Waals surface area contributed by atoms with Gasteiger partial charge < -0.3 is 26.0 Å². The maximum absolute atomic E-state index is 12.7. The number of hydrogen-bond acceptors (Lipinski definition) is 7. The first-order chi connectivity index (χ1) is 18.4. The van der Waals surface area contributed by atoms with Crippen molar-refractivity contribution in [2.24, 2.45) is 0 Å². The minimum atomic E-state index is -0.294. The average Bonchev–Trinajstić information content (AvgIpc) is 2.92. The second-order valence-corrected chi connectivity index (χ2v) is 9.69. The summed E-state index contributed by atoms with van der Waals surface area (Å²) in [6, 6.07) is 17.2. The van der Waals surface area contributed by atoms with Crippen LogP contribution in [0.5, 0.6) is 0 Å². The number of rotatable bonds is 11. The standard InChI is InChI=1S/C30H38N6O2/c1-22-9-11-26(19-23(22)2)33-24(3)36(14-6-13-35-15-17-38-18-16-35)21-25-10-12-29(32-20-25)30(37)34-28-8-5-4-7-27(28)31/h4-5,7-12,19-20,33H,3,6,13-18,21,31H2,1-2H3,(H,34,37). The molecule has 4 N–H and O–H groups in total. The predicted molar refractivity (Wildman–Crippen MR) is 154 cm³/mol. The SMILES string of the molecule is C=C(Nc1ccc(C)c(C)c1)N(CCCN1CCOCC1)Cc1ccc(C(=O)Nc2ccccc2N)nc1. The smallest absolute Gasteiger partial charge is 0.274 e. The molecule has 0 unspecified atom stereocenters. The number of aryl methyl sites for hydroxylation is 2. The fourth-order valence-corrected chi connectivity index (χ4v) is 4.35. The molecule has 1 fully saturated rings. The number of nitrogens with zero attached hydrogens (tertiary/aromatic N) is 3. The Hall–Kier alpha value is -3.88. The molecule has 0 spiro atoms. The Morgan fingerprint density at radius 1 is 1.08 bits per heavy atom. The van der Waals surface area contributed by atoms with Gasteiger partial charge in [-0.05, 0) is 67.3 Å². The van der Waals surface area contributed by atoms with E-state index in [2.05, 4.69) is 64.0 Å². The molecule has 8 nitrogen and oxygen atoms in total. The van der Waals surface area contributed by atoms with Gasteiger partial charge in [-0.2, -0.15) is 0 Å². The maximum Gasteiger partial charge on any atom is 0.274 e. The fourth-order valence-electron chi connectivity index (χ4n) is 4.35. The van der Waals surface area contributed by atoms with Crippen molar-refractivity contribution in [1.29, 1.82) is 0 Å². The first-order valence-corrected chi connectivity index (χ1v) is 13.1. The fraction of sp³-hybridized carbons (Fsp3) is 0.333. The van der Waals surface area contributed by atoms with Crippen molar-refractivity contribution in [3.05, 3.63) is 95.6 Å². The van der Waals surface area contributed by atoms with E-state index in [1.807, 2.05) is 18.2 Å². The van der Waals surface area contributed by atoms with Crippen molar-refractivity contribution in [1.82, 2.24) is 14.8 Å². The molecule has 1 aromatic heterocycles. The minimum absolute atomic E-state index is 0.294. The van der Waals surface area contributed by atoms with Crippen molar-refractivity contribution in [2.75, 3.05) is 55.8 Å². The highest BCUT2D eigenvalue weighted by molar-refractivity contribution is 6.04. The summed E-state index contributed by atoms with van der Waals surface area (Å²) in [7, 11) is 0. The van der Waals surface area contributed by atoms with Gasteiger partial charge in [0.15, 0.2) is 0 Å². The maximum atomic E-state index is 12.7. The Balaban J connectivity index is 1.41. The molecule has 0 bridgehead atoms. The van der Waals surface area contributed by atoms with Gasteiger partial charge in [-0.1, -0.05) is 30.8 Å². The van der Waals surface area contributed by atoms with E-state index >= 15 is 0 Å². The van der Waals surface area contributed by atoms with Crippen LogP contribution in [0.15, 0.2) is 73.2 Å². The summed E-state index contributed by atoms with van der Waals surface area (Å²) in [5.41, 5.74) is 11.9. The number of carbonyl (C=O) groups is 1. The van der Waals surface area contributed by atoms with Gasteiger partial charge >= 0.3 is 0 Å². The van der Waals surface area contributed by atoms with Gasteiger partial charge in [0.1, 0.15) is 5.69 Å². The molecule has 2 aromatic carbocycles. The quantitative estimate of drug-likeness (QED) is 0.321. The van der Waals surface area contributed by atoms with Gasteiger partial charge in [-0.15, -0.1) is 0 Å². The molecule has 1 amide bonds. The lowest BCUT2D eigenvalue weighted by Gasteiger charge is -2.30. The zero-order valence-electron chi connectivity index (χ0n) is 22.4. The van der Waals surface area contributed by atoms with E-state index in [1.165, 1.54) is 11.1 Å². The zero-order valence-corrected chi connectivity index (χ0v) is 22.4. The van der Waals surface area contributed by atoms with Crippen molar-refractivity contribution in [3.8, 4) is 0 Å². The van der Waals surface area contributed by atoms with E-state index in [-0.39, 0.29) is 5.91 Å². The van der Waals surface area contributed by atoms with E-state index < -0.39 is 0 Å². The molecule has 8 heteroatoms. The zero-order chi connectivity index (χ0) is 26.9. The number of carbonyl (C=O) groups excluding carboxylic acids is 1. The van der Waals surface area contributed by atoms with Crippen molar-refractivity contribution >= 4 is 23.0 Å². The molecule has 4 rings (SSSR count). The topological polar surface area (TPSA) is 95.8 Å². The largest absolute Gasteiger partial charge is 0.397 e. The lowest BCUT2D eigenvalue weighted by atomic mass is 10.1. The van der Waals surface area contributed by atoms with Crippen molar-refractivity contribution in [2.45, 2.75) is 26.8 Å². The number of morpholine rings is 1. The van der Waals surface area contributed by atoms with Crippen LogP contribution in [-0.2, 0) is 11.3 Å². The first kappa shape index (κ1) is 27.2. The molecule has 1 aliphatic heterocycles. The van der Waals surface area contributed by atoms with Crippen LogP contribution in [0.4, 0.5) is 17.1 Å². The normalized spacial score (nSPS) is 13.6. The number of ether oxygens (including phenoxy) is 1. The van der Waals surface area contributed by atoms with E-state index in [0.717, 1.165) is 62.9 Å². The molecule has 0 atom stereocenters. The second-order valence-electron chi connectivity index (χ2n) is 9.69. The van der Waals surface area contributed by atoms with Crippen LogP contribution in [0.1, 0.15) is 33.6 Å². The summed E-state index contributed by atoms with van der Waals surface area (Å²) in [5.74, 6) is 0.536. The van der Waals surface area contributed by atoms with E-state index in [9.17, 15) is 4.79 Å². The molecule has 38 heavy (non-hydrogen) atoms. The minimum Gasteiger partial charge on any atom is -0.397 e. The van der Waals surface area contributed by atoms with Gasteiger partial charge in [0.25, 0.3) is 5.91 Å². The summed E-state index contributed by atoms with van der Waals surface area (Å²) in [4.78, 5) is 21.8.